The molecule has 3 heteroatoms. The molecule has 1 saturated heterocycles. The van der Waals surface area contributed by atoms with Crippen molar-refractivity contribution in [1.29, 1.82) is 5.26 Å². The SMILES string of the molecule is CC.CC.C[N+]1(CC[B]C#N)CCCC1. The summed E-state index contributed by atoms with van der Waals surface area (Å²) in [5, 5.41) is 8.31. The van der Waals surface area contributed by atoms with Crippen molar-refractivity contribution in [3.63, 3.8) is 0 Å². The van der Waals surface area contributed by atoms with E-state index in [4.69, 9.17) is 5.26 Å². The summed E-state index contributed by atoms with van der Waals surface area (Å²) in [7, 11) is 4.00. The molecule has 1 aliphatic rings. The zero-order chi connectivity index (χ0) is 12.2. The minimum absolute atomic E-state index is 0.951. The van der Waals surface area contributed by atoms with E-state index in [2.05, 4.69) is 13.0 Å². The highest BCUT2D eigenvalue weighted by molar-refractivity contribution is 6.45. The van der Waals surface area contributed by atoms with Gasteiger partial charge in [0.2, 0.25) is 0 Å². The summed E-state index contributed by atoms with van der Waals surface area (Å²) in [6.45, 7) is 11.8. The van der Waals surface area contributed by atoms with Crippen LogP contribution >= 0.6 is 0 Å². The molecule has 0 unspecified atom stereocenters. The molecule has 1 rings (SSSR count). The number of quaternary nitrogens is 1. The monoisotopic (exact) mass is 210 g/mol. The van der Waals surface area contributed by atoms with E-state index in [-0.39, 0.29) is 0 Å². The maximum absolute atomic E-state index is 8.31. The topological polar surface area (TPSA) is 23.8 Å². The van der Waals surface area contributed by atoms with Gasteiger partial charge in [0.25, 0.3) is 7.28 Å². The van der Waals surface area contributed by atoms with Crippen molar-refractivity contribution in [3.05, 3.63) is 0 Å². The lowest BCUT2D eigenvalue weighted by Gasteiger charge is -2.28. The van der Waals surface area contributed by atoms with Gasteiger partial charge in [-0.1, -0.05) is 27.7 Å². The second kappa shape index (κ2) is 11.6. The lowest BCUT2D eigenvalue weighted by molar-refractivity contribution is -0.895. The van der Waals surface area contributed by atoms with Gasteiger partial charge in [0.1, 0.15) is 0 Å². The Balaban J connectivity index is 0. The van der Waals surface area contributed by atoms with E-state index in [1.807, 2.05) is 27.7 Å². The van der Waals surface area contributed by atoms with Crippen LogP contribution in [0.3, 0.4) is 0 Å². The van der Waals surface area contributed by atoms with E-state index in [1.54, 1.807) is 7.28 Å². The summed E-state index contributed by atoms with van der Waals surface area (Å²) in [5.74, 6) is 2.07. The summed E-state index contributed by atoms with van der Waals surface area (Å²) in [4.78, 5) is 0. The van der Waals surface area contributed by atoms with E-state index in [1.165, 1.54) is 30.4 Å². The normalized spacial score (nSPS) is 16.3. The summed E-state index contributed by atoms with van der Waals surface area (Å²) in [5.41, 5.74) is 0. The molecule has 0 saturated carbocycles. The fraction of sp³-hybridized carbons (Fsp3) is 0.917. The maximum Gasteiger partial charge on any atom is 0.260 e. The number of rotatable bonds is 3. The second-order valence-corrected chi connectivity index (χ2v) is 3.62. The van der Waals surface area contributed by atoms with Crippen molar-refractivity contribution in [2.24, 2.45) is 0 Å². The standard InChI is InChI=1S/C8H15BN2.2C2H6/c1-11(5-2-3-6-11)7-4-9-8-10;2*1-2/h2-7H2,1H3;2*1-2H3/q+1;;. The molecule has 87 valence electrons. The highest BCUT2D eigenvalue weighted by Crippen LogP contribution is 2.16. The summed E-state index contributed by atoms with van der Waals surface area (Å²) < 4.78 is 1.18. The first-order valence-electron chi connectivity index (χ1n) is 6.32. The first kappa shape index (κ1) is 16.9. The van der Waals surface area contributed by atoms with Gasteiger partial charge >= 0.3 is 0 Å². The quantitative estimate of drug-likeness (QED) is 0.399. The van der Waals surface area contributed by atoms with Crippen LogP contribution in [0.4, 0.5) is 0 Å². The Morgan fingerprint density at radius 3 is 2.00 bits per heavy atom. The van der Waals surface area contributed by atoms with Crippen molar-refractivity contribution in [1.82, 2.24) is 0 Å². The summed E-state index contributed by atoms with van der Waals surface area (Å²) in [6.07, 6.45) is 3.68. The van der Waals surface area contributed by atoms with E-state index < -0.39 is 0 Å². The number of hydrogen-bond acceptors (Lipinski definition) is 1. The van der Waals surface area contributed by atoms with E-state index in [0.717, 1.165) is 12.9 Å². The summed E-state index contributed by atoms with van der Waals surface area (Å²) in [6, 6.07) is 0. The highest BCUT2D eigenvalue weighted by atomic mass is 15.3. The number of likely N-dealkylation sites (tertiary alicyclic amines) is 1. The van der Waals surface area contributed by atoms with Gasteiger partial charge < -0.3 is 4.48 Å². The Kier molecular flexibility index (Phi) is 13.1. The van der Waals surface area contributed by atoms with Gasteiger partial charge in [0.15, 0.2) is 0 Å². The van der Waals surface area contributed by atoms with Crippen LogP contribution in [-0.4, -0.2) is 38.4 Å². The fourth-order valence-electron chi connectivity index (χ4n) is 1.76. The van der Waals surface area contributed by atoms with Crippen LogP contribution in [0.15, 0.2) is 0 Å². The minimum Gasteiger partial charge on any atom is -0.327 e. The lowest BCUT2D eigenvalue weighted by atomic mass is 9.77. The van der Waals surface area contributed by atoms with Gasteiger partial charge in [0.05, 0.1) is 26.7 Å². The van der Waals surface area contributed by atoms with E-state index in [9.17, 15) is 0 Å². The molecule has 0 aliphatic carbocycles. The molecule has 2 nitrogen and oxygen atoms in total. The molecule has 1 aliphatic heterocycles. The first-order chi connectivity index (χ1) is 7.27. The van der Waals surface area contributed by atoms with E-state index in [0.29, 0.717) is 0 Å². The highest BCUT2D eigenvalue weighted by Gasteiger charge is 2.25. The largest absolute Gasteiger partial charge is 0.327 e. The van der Waals surface area contributed by atoms with Crippen molar-refractivity contribution < 1.29 is 4.48 Å². The summed E-state index contributed by atoms with van der Waals surface area (Å²) >= 11 is 0. The smallest absolute Gasteiger partial charge is 0.260 e. The van der Waals surface area contributed by atoms with Crippen LogP contribution < -0.4 is 0 Å². The Morgan fingerprint density at radius 1 is 1.13 bits per heavy atom. The fourth-order valence-corrected chi connectivity index (χ4v) is 1.76. The van der Waals surface area contributed by atoms with Crippen LogP contribution in [0.1, 0.15) is 40.5 Å². The molecular formula is C12H27BN2+. The predicted octanol–water partition coefficient (Wildman–Crippen LogP) is 2.88. The van der Waals surface area contributed by atoms with E-state index >= 15 is 0 Å². The zero-order valence-electron chi connectivity index (χ0n) is 11.2. The van der Waals surface area contributed by atoms with Gasteiger partial charge in [0, 0.05) is 12.8 Å². The number of hydrogen-bond donors (Lipinski definition) is 0. The van der Waals surface area contributed by atoms with Gasteiger partial charge in [-0.05, 0) is 12.3 Å². The third kappa shape index (κ3) is 8.51. The van der Waals surface area contributed by atoms with Crippen LogP contribution in [0, 0.1) is 11.2 Å². The first-order valence-corrected chi connectivity index (χ1v) is 6.32. The minimum atomic E-state index is 0.951. The van der Waals surface area contributed by atoms with Crippen LogP contribution in [0.5, 0.6) is 0 Å². The molecule has 15 heavy (non-hydrogen) atoms. The molecule has 0 atom stereocenters. The third-order valence-electron chi connectivity index (χ3n) is 2.55. The molecule has 0 amide bonds. The molecule has 1 radical (unpaired) electrons. The molecule has 0 aromatic heterocycles. The third-order valence-corrected chi connectivity index (χ3v) is 2.55. The van der Waals surface area contributed by atoms with Crippen LogP contribution in [0.25, 0.3) is 0 Å². The zero-order valence-corrected chi connectivity index (χ0v) is 11.2. The van der Waals surface area contributed by atoms with Gasteiger partial charge in [-0.15, -0.1) is 0 Å². The Bertz CT molecular complexity index is 157. The van der Waals surface area contributed by atoms with Gasteiger partial charge in [-0.25, -0.2) is 5.26 Å². The van der Waals surface area contributed by atoms with Crippen LogP contribution in [0.2, 0.25) is 6.32 Å². The van der Waals surface area contributed by atoms with Gasteiger partial charge in [-0.3, -0.25) is 0 Å². The second-order valence-electron chi connectivity index (χ2n) is 3.62. The Hall–Kier alpha value is -0.485. The average Bonchev–Trinajstić information content (AvgIpc) is 2.72. The Labute approximate surface area is 97.1 Å². The van der Waals surface area contributed by atoms with Crippen molar-refractivity contribution >= 4 is 7.28 Å². The molecule has 1 fully saturated rings. The van der Waals surface area contributed by atoms with Crippen LogP contribution in [-0.2, 0) is 0 Å². The molecule has 1 heterocycles. The van der Waals surface area contributed by atoms with Gasteiger partial charge in [-0.2, -0.15) is 0 Å². The molecule has 0 aromatic rings. The van der Waals surface area contributed by atoms with Crippen molar-refractivity contribution in [2.45, 2.75) is 46.9 Å². The maximum atomic E-state index is 8.31. The van der Waals surface area contributed by atoms with Crippen molar-refractivity contribution in [2.75, 3.05) is 26.7 Å². The molecule has 0 aromatic carbocycles. The number of nitrogens with zero attached hydrogens (tertiary/aromatic N) is 2. The molecule has 0 N–H and O–H groups in total. The molecule has 0 spiro atoms. The predicted molar refractivity (Wildman–Crippen MR) is 68.9 cm³/mol. The lowest BCUT2D eigenvalue weighted by Crippen LogP contribution is -2.41. The average molecular weight is 210 g/mol. The number of nitriles is 1. The molecule has 0 bridgehead atoms. The Morgan fingerprint density at radius 2 is 1.60 bits per heavy atom. The van der Waals surface area contributed by atoms with Crippen molar-refractivity contribution in [3.8, 4) is 5.97 Å². The molecular weight excluding hydrogens is 183 g/mol.